The van der Waals surface area contributed by atoms with Crippen molar-refractivity contribution < 1.29 is 18.7 Å². The van der Waals surface area contributed by atoms with E-state index in [4.69, 9.17) is 13.9 Å². The molecule has 2 rings (SSSR count). The van der Waals surface area contributed by atoms with E-state index in [9.17, 15) is 4.79 Å². The molecule has 1 saturated heterocycles. The molecular weight excluding hydrogens is 296 g/mol. The highest BCUT2D eigenvalue weighted by Gasteiger charge is 2.44. The van der Waals surface area contributed by atoms with Crippen LogP contribution in [0.1, 0.15) is 46.5 Å². The van der Waals surface area contributed by atoms with E-state index < -0.39 is 14.4 Å². The Balaban J connectivity index is 2.11. The van der Waals surface area contributed by atoms with Gasteiger partial charge in [0.1, 0.15) is 6.10 Å². The van der Waals surface area contributed by atoms with Gasteiger partial charge in [0.2, 0.25) is 5.78 Å². The van der Waals surface area contributed by atoms with E-state index in [0.29, 0.717) is 19.0 Å². The topological polar surface area (TPSA) is 44.8 Å². The first kappa shape index (κ1) is 17.7. The Bertz CT molecular complexity index is 436. The van der Waals surface area contributed by atoms with Crippen LogP contribution in [0.15, 0.2) is 11.8 Å². The van der Waals surface area contributed by atoms with Gasteiger partial charge >= 0.3 is 0 Å². The highest BCUT2D eigenvalue weighted by molar-refractivity contribution is 6.74. The second-order valence-corrected chi connectivity index (χ2v) is 12.5. The SMILES string of the molecule is CC(C)(C)[Si](C)(C)O[C@H]1CCCO[C@@H]1C(=O)C1=CCCCO1. The third kappa shape index (κ3) is 4.00. The number of Topliss-reactive ketones (excluding diaryl/α,β-unsaturated/α-hetero) is 1. The lowest BCUT2D eigenvalue weighted by Gasteiger charge is -2.42. The van der Waals surface area contributed by atoms with Gasteiger partial charge in [-0.2, -0.15) is 0 Å². The predicted octanol–water partition coefficient (Wildman–Crippen LogP) is 3.82. The second-order valence-electron chi connectivity index (χ2n) is 7.77. The maximum absolute atomic E-state index is 12.7. The molecule has 0 spiro atoms. The third-order valence-corrected chi connectivity index (χ3v) is 9.46. The zero-order chi connectivity index (χ0) is 16.4. The highest BCUT2D eigenvalue weighted by atomic mass is 28.4. The molecule has 0 unspecified atom stereocenters. The molecule has 1 fully saturated rings. The smallest absolute Gasteiger partial charge is 0.228 e. The summed E-state index contributed by atoms with van der Waals surface area (Å²) in [5, 5.41) is 0.124. The first-order valence-electron chi connectivity index (χ1n) is 8.39. The lowest BCUT2D eigenvalue weighted by atomic mass is 10.00. The van der Waals surface area contributed by atoms with Crippen molar-refractivity contribution in [2.75, 3.05) is 13.2 Å². The fourth-order valence-electron chi connectivity index (χ4n) is 2.54. The molecule has 0 aromatic rings. The molecule has 0 aliphatic carbocycles. The van der Waals surface area contributed by atoms with E-state index in [1.165, 1.54) is 0 Å². The van der Waals surface area contributed by atoms with Gasteiger partial charge in [-0.3, -0.25) is 4.79 Å². The molecule has 2 aliphatic rings. The third-order valence-electron chi connectivity index (χ3n) is 4.96. The molecule has 2 atom stereocenters. The molecule has 2 heterocycles. The molecule has 126 valence electrons. The van der Waals surface area contributed by atoms with Crippen molar-refractivity contribution in [3.63, 3.8) is 0 Å². The summed E-state index contributed by atoms with van der Waals surface area (Å²) < 4.78 is 17.8. The van der Waals surface area contributed by atoms with E-state index in [-0.39, 0.29) is 16.9 Å². The largest absolute Gasteiger partial charge is 0.490 e. The fraction of sp³-hybridized carbons (Fsp3) is 0.824. The number of hydrogen-bond acceptors (Lipinski definition) is 4. The minimum absolute atomic E-state index is 0.0388. The Morgan fingerprint density at radius 2 is 2.00 bits per heavy atom. The molecular formula is C17H30O4Si. The highest BCUT2D eigenvalue weighted by Crippen LogP contribution is 2.39. The average Bonchev–Trinajstić information content (AvgIpc) is 2.46. The summed E-state index contributed by atoms with van der Waals surface area (Å²) in [6.07, 6.45) is 4.96. The normalized spacial score (nSPS) is 27.0. The van der Waals surface area contributed by atoms with Crippen LogP contribution in [-0.2, 0) is 18.7 Å². The Morgan fingerprint density at radius 3 is 2.59 bits per heavy atom. The summed E-state index contributed by atoms with van der Waals surface area (Å²) in [4.78, 5) is 12.7. The molecule has 5 heteroatoms. The minimum Gasteiger partial charge on any atom is -0.490 e. The van der Waals surface area contributed by atoms with Crippen molar-refractivity contribution in [3.05, 3.63) is 11.8 Å². The maximum atomic E-state index is 12.7. The number of rotatable bonds is 4. The number of carbonyl (C=O) groups excluding carboxylic acids is 1. The van der Waals surface area contributed by atoms with Gasteiger partial charge in [-0.15, -0.1) is 0 Å². The van der Waals surface area contributed by atoms with Gasteiger partial charge in [0.25, 0.3) is 0 Å². The summed E-state index contributed by atoms with van der Waals surface area (Å²) in [5.74, 6) is 0.435. The van der Waals surface area contributed by atoms with Gasteiger partial charge in [0.15, 0.2) is 14.1 Å². The van der Waals surface area contributed by atoms with Crippen LogP contribution in [0.25, 0.3) is 0 Å². The zero-order valence-electron chi connectivity index (χ0n) is 14.6. The standard InChI is InChI=1S/C17H30O4Si/c1-17(2,3)22(4,5)21-14-10-8-12-20-16(14)15(18)13-9-6-7-11-19-13/h9,14,16H,6-8,10-12H2,1-5H3/t14-,16-/m0/s1. The number of allylic oxidation sites excluding steroid dienone is 1. The Kier molecular flexibility index (Phi) is 5.51. The van der Waals surface area contributed by atoms with Crippen molar-refractivity contribution in [1.29, 1.82) is 0 Å². The summed E-state index contributed by atoms with van der Waals surface area (Å²) in [5.41, 5.74) is 0. The summed E-state index contributed by atoms with van der Waals surface area (Å²) in [6.45, 7) is 12.3. The average molecular weight is 327 g/mol. The number of hydrogen-bond donors (Lipinski definition) is 0. The van der Waals surface area contributed by atoms with Crippen LogP contribution in [0.3, 0.4) is 0 Å². The van der Waals surface area contributed by atoms with Crippen LogP contribution in [0, 0.1) is 0 Å². The molecule has 0 radical (unpaired) electrons. The van der Waals surface area contributed by atoms with Crippen molar-refractivity contribution in [2.45, 2.75) is 76.8 Å². The minimum atomic E-state index is -1.92. The van der Waals surface area contributed by atoms with E-state index in [1.54, 1.807) is 0 Å². The van der Waals surface area contributed by atoms with Gasteiger partial charge in [-0.25, -0.2) is 0 Å². The van der Waals surface area contributed by atoms with Gasteiger partial charge in [-0.1, -0.05) is 20.8 Å². The second kappa shape index (κ2) is 6.85. The predicted molar refractivity (Wildman–Crippen MR) is 89.3 cm³/mol. The summed E-state index contributed by atoms with van der Waals surface area (Å²) in [7, 11) is -1.92. The molecule has 0 bridgehead atoms. The first-order chi connectivity index (χ1) is 10.2. The van der Waals surface area contributed by atoms with Crippen molar-refractivity contribution in [1.82, 2.24) is 0 Å². The van der Waals surface area contributed by atoms with E-state index >= 15 is 0 Å². The van der Waals surface area contributed by atoms with Gasteiger partial charge in [0.05, 0.1) is 12.7 Å². The first-order valence-corrected chi connectivity index (χ1v) is 11.3. The Morgan fingerprint density at radius 1 is 1.27 bits per heavy atom. The van der Waals surface area contributed by atoms with Crippen molar-refractivity contribution in [3.8, 4) is 0 Å². The summed E-state index contributed by atoms with van der Waals surface area (Å²) in [6, 6.07) is 0. The van der Waals surface area contributed by atoms with Crippen molar-refractivity contribution in [2.24, 2.45) is 0 Å². The van der Waals surface area contributed by atoms with Gasteiger partial charge < -0.3 is 13.9 Å². The Hall–Kier alpha value is -0.653. The quantitative estimate of drug-likeness (QED) is 0.737. The molecule has 0 saturated carbocycles. The zero-order valence-corrected chi connectivity index (χ0v) is 15.6. The molecule has 2 aliphatic heterocycles. The Labute approximate surface area is 135 Å². The lowest BCUT2D eigenvalue weighted by Crippen LogP contribution is -2.51. The number of ketones is 1. The van der Waals surface area contributed by atoms with Crippen molar-refractivity contribution >= 4 is 14.1 Å². The molecule has 0 N–H and O–H groups in total. The van der Waals surface area contributed by atoms with Crippen LogP contribution in [0.4, 0.5) is 0 Å². The molecule has 4 nitrogen and oxygen atoms in total. The van der Waals surface area contributed by atoms with Gasteiger partial charge in [0, 0.05) is 6.61 Å². The van der Waals surface area contributed by atoms with Crippen LogP contribution in [-0.4, -0.2) is 39.5 Å². The summed E-state index contributed by atoms with van der Waals surface area (Å²) >= 11 is 0. The molecule has 0 aromatic heterocycles. The number of ether oxygens (including phenoxy) is 2. The van der Waals surface area contributed by atoms with Crippen LogP contribution >= 0.6 is 0 Å². The maximum Gasteiger partial charge on any atom is 0.228 e. The molecule has 0 aromatic carbocycles. The molecule has 22 heavy (non-hydrogen) atoms. The van der Waals surface area contributed by atoms with E-state index in [1.807, 2.05) is 6.08 Å². The van der Waals surface area contributed by atoms with Crippen LogP contribution < -0.4 is 0 Å². The van der Waals surface area contributed by atoms with Crippen LogP contribution in [0.2, 0.25) is 18.1 Å². The fourth-order valence-corrected chi connectivity index (χ4v) is 3.90. The van der Waals surface area contributed by atoms with E-state index in [0.717, 1.165) is 25.7 Å². The monoisotopic (exact) mass is 326 g/mol. The van der Waals surface area contributed by atoms with Gasteiger partial charge in [-0.05, 0) is 49.9 Å². The number of carbonyl (C=O) groups is 1. The molecule has 0 amide bonds. The van der Waals surface area contributed by atoms with Crippen LogP contribution in [0.5, 0.6) is 0 Å². The lowest BCUT2D eigenvalue weighted by molar-refractivity contribution is -0.142. The van der Waals surface area contributed by atoms with E-state index in [2.05, 4.69) is 33.9 Å².